The smallest absolute Gasteiger partial charge is 0.305 e. The van der Waals surface area contributed by atoms with Crippen LogP contribution in [0.1, 0.15) is 233 Å². The molecule has 1 saturated heterocycles. The largest absolute Gasteiger partial charge is 0.466 e. The first-order valence-corrected chi connectivity index (χ1v) is 24.4. The molecule has 1 rings (SSSR count). The summed E-state index contributed by atoms with van der Waals surface area (Å²) in [7, 11) is 0. The summed E-state index contributed by atoms with van der Waals surface area (Å²) < 4.78 is 17.9. The third-order valence-corrected chi connectivity index (χ3v) is 12.1. The molecule has 4 atom stereocenters. The Balaban J connectivity index is 2.23. The quantitative estimate of drug-likeness (QED) is 0.0361. The number of esters is 1. The van der Waals surface area contributed by atoms with Gasteiger partial charge in [0, 0.05) is 32.5 Å². The lowest BCUT2D eigenvalue weighted by molar-refractivity contribution is -0.144. The number of carbonyl (C=O) groups is 1. The van der Waals surface area contributed by atoms with Gasteiger partial charge in [-0.15, -0.1) is 0 Å². The Morgan fingerprint density at radius 2 is 1.07 bits per heavy atom. The molecule has 0 aromatic carbocycles. The molecular weight excluding hydrogens is 687 g/mol. The maximum Gasteiger partial charge on any atom is 0.305 e. The highest BCUT2D eigenvalue weighted by Crippen LogP contribution is 2.35. The molecule has 1 aliphatic heterocycles. The predicted octanol–water partition coefficient (Wildman–Crippen LogP) is 12.7. The zero-order valence-electron chi connectivity index (χ0n) is 37.3. The van der Waals surface area contributed by atoms with E-state index in [1.54, 1.807) is 0 Å². The Morgan fingerprint density at radius 3 is 1.64 bits per heavy atom. The van der Waals surface area contributed by atoms with Gasteiger partial charge in [0.25, 0.3) is 0 Å². The van der Waals surface area contributed by atoms with Crippen LogP contribution in [-0.2, 0) is 19.0 Å². The molecule has 0 amide bonds. The fourth-order valence-corrected chi connectivity index (χ4v) is 8.22. The number of carbonyl (C=O) groups excluding carboxylic acids is 1. The van der Waals surface area contributed by atoms with Gasteiger partial charge in [0.15, 0.2) is 5.79 Å². The van der Waals surface area contributed by atoms with Gasteiger partial charge in [-0.2, -0.15) is 0 Å². The molecule has 0 aromatic heterocycles. The molecule has 55 heavy (non-hydrogen) atoms. The van der Waals surface area contributed by atoms with E-state index >= 15 is 0 Å². The predicted molar refractivity (Wildman–Crippen MR) is 233 cm³/mol. The first-order chi connectivity index (χ1) is 26.9. The summed E-state index contributed by atoms with van der Waals surface area (Å²) in [6.07, 6.45) is 37.2. The van der Waals surface area contributed by atoms with E-state index in [0.717, 1.165) is 90.0 Å². The molecule has 1 aliphatic rings. The number of hydrogen-bond acceptors (Lipinski definition) is 7. The summed E-state index contributed by atoms with van der Waals surface area (Å²) in [4.78, 5) is 14.8. The molecular formula is C48H95NO6. The maximum absolute atomic E-state index is 12.4. The summed E-state index contributed by atoms with van der Waals surface area (Å²) in [5.41, 5.74) is 0. The van der Waals surface area contributed by atoms with Crippen molar-refractivity contribution in [2.45, 2.75) is 245 Å². The number of hydrogen-bond donors (Lipinski definition) is 2. The minimum Gasteiger partial charge on any atom is -0.466 e. The molecule has 4 unspecified atom stereocenters. The fraction of sp³-hybridized carbons (Fsp3) is 0.979. The van der Waals surface area contributed by atoms with E-state index in [4.69, 9.17) is 14.2 Å². The summed E-state index contributed by atoms with van der Waals surface area (Å²) in [5.74, 6) is 1.07. The number of ether oxygens (including phenoxy) is 3. The van der Waals surface area contributed by atoms with Crippen LogP contribution in [0.25, 0.3) is 0 Å². The van der Waals surface area contributed by atoms with Gasteiger partial charge in [-0.25, -0.2) is 0 Å². The highest BCUT2D eigenvalue weighted by molar-refractivity contribution is 5.69. The number of epoxide rings is 1. The summed E-state index contributed by atoms with van der Waals surface area (Å²) in [6, 6.07) is 0. The molecule has 1 heterocycles. The first kappa shape index (κ1) is 52.3. The average Bonchev–Trinajstić information content (AvgIpc) is 3.95. The number of nitrogens with zero attached hydrogens (tertiary/aromatic N) is 1. The summed E-state index contributed by atoms with van der Waals surface area (Å²) in [5, 5.41) is 20.3. The van der Waals surface area contributed by atoms with E-state index in [-0.39, 0.29) is 18.4 Å². The Kier molecular flexibility index (Phi) is 35.7. The second-order valence-electron chi connectivity index (χ2n) is 17.4. The minimum atomic E-state index is -0.410. The van der Waals surface area contributed by atoms with E-state index < -0.39 is 6.10 Å². The van der Waals surface area contributed by atoms with Gasteiger partial charge in [-0.1, -0.05) is 175 Å². The molecule has 328 valence electrons. The van der Waals surface area contributed by atoms with Crippen LogP contribution in [0, 0.1) is 11.8 Å². The molecule has 7 heteroatoms. The highest BCUT2D eigenvalue weighted by Gasteiger charge is 2.45. The van der Waals surface area contributed by atoms with Crippen LogP contribution in [0.5, 0.6) is 0 Å². The number of aliphatic hydroxyl groups excluding tert-OH is 2. The van der Waals surface area contributed by atoms with Crippen molar-refractivity contribution in [3.8, 4) is 0 Å². The first-order valence-electron chi connectivity index (χ1n) is 24.4. The van der Waals surface area contributed by atoms with E-state index in [1.165, 1.54) is 135 Å². The van der Waals surface area contributed by atoms with Crippen molar-refractivity contribution in [1.29, 1.82) is 0 Å². The Hall–Kier alpha value is -0.730. The average molecular weight is 782 g/mol. The number of rotatable bonds is 44. The zero-order valence-corrected chi connectivity index (χ0v) is 37.3. The lowest BCUT2D eigenvalue weighted by atomic mass is 9.92. The van der Waals surface area contributed by atoms with Gasteiger partial charge < -0.3 is 29.3 Å². The molecule has 1 fully saturated rings. The van der Waals surface area contributed by atoms with Crippen LogP contribution in [0.2, 0.25) is 0 Å². The Bertz CT molecular complexity index is 822. The van der Waals surface area contributed by atoms with Gasteiger partial charge in [0.2, 0.25) is 0 Å². The zero-order chi connectivity index (χ0) is 40.1. The topological polar surface area (TPSA) is 91.8 Å². The molecule has 0 spiro atoms. The molecule has 0 saturated carbocycles. The van der Waals surface area contributed by atoms with E-state index in [9.17, 15) is 15.0 Å². The highest BCUT2D eigenvalue weighted by atomic mass is 16.8. The number of aliphatic hydroxyl groups is 2. The van der Waals surface area contributed by atoms with Gasteiger partial charge >= 0.3 is 5.97 Å². The van der Waals surface area contributed by atoms with Crippen molar-refractivity contribution >= 4 is 5.97 Å². The van der Waals surface area contributed by atoms with Crippen LogP contribution >= 0.6 is 0 Å². The molecule has 0 radical (unpaired) electrons. The minimum absolute atomic E-state index is 0.0880. The monoisotopic (exact) mass is 782 g/mol. The van der Waals surface area contributed by atoms with Gasteiger partial charge in [0.05, 0.1) is 19.3 Å². The maximum atomic E-state index is 12.4. The van der Waals surface area contributed by atoms with Crippen LogP contribution in [-0.4, -0.2) is 79.0 Å². The molecule has 2 N–H and O–H groups in total. The molecule has 0 aromatic rings. The third kappa shape index (κ3) is 31.9. The van der Waals surface area contributed by atoms with Gasteiger partial charge in [0.1, 0.15) is 6.61 Å². The fourth-order valence-electron chi connectivity index (χ4n) is 8.22. The number of unbranched alkanes of at least 4 members (excludes halogenated alkanes) is 16. The SMILES string of the molecule is CCCCCCCC(CCCCC)CCOC(=O)CCCCC(O)CN(CCCO)CCCCCCC1(OCCC(CCCCC)CCCCCCC)CO1. The Labute approximate surface area is 342 Å². The standard InChI is InChI=1S/C48H95NO6/c1-5-9-13-15-21-30-44(28-19-11-7-3)34-40-53-47(52)33-24-23-32-46(51)42-49(38-27-39-50)37-26-18-17-25-36-48(43-55-48)54-41-35-45(29-20-12-8-4)31-22-16-14-10-6-2/h44-46,50-51H,5-43H2,1-4H3. The van der Waals surface area contributed by atoms with E-state index in [0.29, 0.717) is 31.9 Å². The van der Waals surface area contributed by atoms with Crippen molar-refractivity contribution in [2.24, 2.45) is 11.8 Å². The molecule has 0 bridgehead atoms. The lowest BCUT2D eigenvalue weighted by Crippen LogP contribution is -2.34. The van der Waals surface area contributed by atoms with Crippen LogP contribution < -0.4 is 0 Å². The van der Waals surface area contributed by atoms with Crippen LogP contribution in [0.3, 0.4) is 0 Å². The summed E-state index contributed by atoms with van der Waals surface area (Å²) in [6.45, 7) is 13.8. The van der Waals surface area contributed by atoms with Crippen LogP contribution in [0.15, 0.2) is 0 Å². The normalized spacial score (nSPS) is 17.1. The van der Waals surface area contributed by atoms with Gasteiger partial charge in [-0.3, -0.25) is 4.79 Å². The van der Waals surface area contributed by atoms with Crippen molar-refractivity contribution < 1.29 is 29.2 Å². The van der Waals surface area contributed by atoms with Gasteiger partial charge in [-0.05, 0) is 63.3 Å². The third-order valence-electron chi connectivity index (χ3n) is 12.1. The van der Waals surface area contributed by atoms with E-state index in [2.05, 4.69) is 32.6 Å². The Morgan fingerprint density at radius 1 is 0.600 bits per heavy atom. The summed E-state index contributed by atoms with van der Waals surface area (Å²) >= 11 is 0. The second kappa shape index (κ2) is 37.5. The van der Waals surface area contributed by atoms with Crippen molar-refractivity contribution in [2.75, 3.05) is 46.1 Å². The molecule has 0 aliphatic carbocycles. The van der Waals surface area contributed by atoms with Crippen molar-refractivity contribution in [3.63, 3.8) is 0 Å². The van der Waals surface area contributed by atoms with Crippen molar-refractivity contribution in [3.05, 3.63) is 0 Å². The lowest BCUT2D eigenvalue weighted by Gasteiger charge is -2.25. The van der Waals surface area contributed by atoms with E-state index in [1.807, 2.05) is 0 Å². The molecule has 7 nitrogen and oxygen atoms in total. The van der Waals surface area contributed by atoms with Crippen molar-refractivity contribution in [1.82, 2.24) is 4.90 Å². The second-order valence-corrected chi connectivity index (χ2v) is 17.4. The van der Waals surface area contributed by atoms with Crippen LogP contribution in [0.4, 0.5) is 0 Å².